The zero-order valence-corrected chi connectivity index (χ0v) is 6.97. The minimum Gasteiger partial charge on any atom is -0.359 e. The van der Waals surface area contributed by atoms with E-state index < -0.39 is 0 Å². The topological polar surface area (TPSA) is 55.1 Å². The summed E-state index contributed by atoms with van der Waals surface area (Å²) in [5, 5.41) is 2.65. The van der Waals surface area contributed by atoms with Crippen LogP contribution in [-0.2, 0) is 4.79 Å². The SMILES string of the molecule is CNC(=O)C1CCCCC1N. The maximum absolute atomic E-state index is 11.2. The number of rotatable bonds is 1. The Morgan fingerprint density at radius 3 is 2.64 bits per heavy atom. The first-order valence-electron chi connectivity index (χ1n) is 4.23. The van der Waals surface area contributed by atoms with Gasteiger partial charge in [-0.1, -0.05) is 12.8 Å². The minimum absolute atomic E-state index is 0.0637. The Morgan fingerprint density at radius 2 is 2.09 bits per heavy atom. The lowest BCUT2D eigenvalue weighted by Crippen LogP contribution is -2.42. The third-order valence-electron chi connectivity index (χ3n) is 2.40. The van der Waals surface area contributed by atoms with Gasteiger partial charge in [0.1, 0.15) is 0 Å². The Balaban J connectivity index is 2.47. The lowest BCUT2D eigenvalue weighted by atomic mass is 9.84. The first-order valence-corrected chi connectivity index (χ1v) is 4.23. The third kappa shape index (κ3) is 1.93. The van der Waals surface area contributed by atoms with E-state index in [2.05, 4.69) is 5.32 Å². The fourth-order valence-corrected chi connectivity index (χ4v) is 1.67. The molecule has 0 saturated heterocycles. The Labute approximate surface area is 67.3 Å². The molecule has 11 heavy (non-hydrogen) atoms. The molecule has 0 aromatic carbocycles. The van der Waals surface area contributed by atoms with E-state index >= 15 is 0 Å². The second-order valence-corrected chi connectivity index (χ2v) is 3.17. The van der Waals surface area contributed by atoms with Gasteiger partial charge in [-0.15, -0.1) is 0 Å². The van der Waals surface area contributed by atoms with Crippen molar-refractivity contribution >= 4 is 5.91 Å². The molecule has 0 aliphatic heterocycles. The van der Waals surface area contributed by atoms with Crippen LogP contribution in [0.4, 0.5) is 0 Å². The van der Waals surface area contributed by atoms with E-state index in [-0.39, 0.29) is 17.9 Å². The number of carbonyl (C=O) groups is 1. The summed E-state index contributed by atoms with van der Waals surface area (Å²) in [4.78, 5) is 11.2. The molecule has 0 spiro atoms. The Hall–Kier alpha value is -0.570. The van der Waals surface area contributed by atoms with Gasteiger partial charge < -0.3 is 11.1 Å². The van der Waals surface area contributed by atoms with Gasteiger partial charge in [-0.3, -0.25) is 4.79 Å². The van der Waals surface area contributed by atoms with Gasteiger partial charge in [0.2, 0.25) is 5.91 Å². The highest BCUT2D eigenvalue weighted by atomic mass is 16.1. The van der Waals surface area contributed by atoms with Crippen molar-refractivity contribution in [1.29, 1.82) is 0 Å². The Bertz CT molecular complexity index is 147. The quantitative estimate of drug-likeness (QED) is 0.571. The van der Waals surface area contributed by atoms with Gasteiger partial charge in [-0.25, -0.2) is 0 Å². The number of nitrogens with one attached hydrogen (secondary N) is 1. The molecule has 1 fully saturated rings. The molecule has 1 rings (SSSR count). The molecular weight excluding hydrogens is 140 g/mol. The summed E-state index contributed by atoms with van der Waals surface area (Å²) in [6.07, 6.45) is 4.28. The van der Waals surface area contributed by atoms with Gasteiger partial charge in [-0.05, 0) is 12.8 Å². The summed E-state index contributed by atoms with van der Waals surface area (Å²) in [5.41, 5.74) is 5.79. The molecule has 1 amide bonds. The molecule has 2 unspecified atom stereocenters. The number of nitrogens with two attached hydrogens (primary N) is 1. The molecule has 64 valence electrons. The molecule has 3 heteroatoms. The van der Waals surface area contributed by atoms with Crippen molar-refractivity contribution in [1.82, 2.24) is 5.32 Å². The summed E-state index contributed by atoms with van der Waals surface area (Å²) < 4.78 is 0. The summed E-state index contributed by atoms with van der Waals surface area (Å²) >= 11 is 0. The monoisotopic (exact) mass is 156 g/mol. The number of hydrogen-bond acceptors (Lipinski definition) is 2. The van der Waals surface area contributed by atoms with Gasteiger partial charge in [0.05, 0.1) is 5.92 Å². The molecule has 0 bridgehead atoms. The van der Waals surface area contributed by atoms with Crippen molar-refractivity contribution in [3.63, 3.8) is 0 Å². The van der Waals surface area contributed by atoms with Crippen LogP contribution in [0.25, 0.3) is 0 Å². The predicted molar refractivity (Wildman–Crippen MR) is 44.0 cm³/mol. The number of carbonyl (C=O) groups excluding carboxylic acids is 1. The minimum atomic E-state index is 0.0637. The van der Waals surface area contributed by atoms with E-state index in [1.54, 1.807) is 7.05 Å². The number of hydrogen-bond donors (Lipinski definition) is 2. The molecule has 3 N–H and O–H groups in total. The number of amides is 1. The van der Waals surface area contributed by atoms with E-state index in [9.17, 15) is 4.79 Å². The van der Waals surface area contributed by atoms with Gasteiger partial charge in [-0.2, -0.15) is 0 Å². The second kappa shape index (κ2) is 3.72. The van der Waals surface area contributed by atoms with Crippen LogP contribution in [-0.4, -0.2) is 19.0 Å². The van der Waals surface area contributed by atoms with Crippen molar-refractivity contribution in [2.75, 3.05) is 7.05 Å². The maximum atomic E-state index is 11.2. The van der Waals surface area contributed by atoms with Crippen LogP contribution in [0.5, 0.6) is 0 Å². The van der Waals surface area contributed by atoms with Crippen LogP contribution in [0.2, 0.25) is 0 Å². The van der Waals surface area contributed by atoms with Crippen molar-refractivity contribution in [2.24, 2.45) is 11.7 Å². The van der Waals surface area contributed by atoms with Crippen LogP contribution in [0.1, 0.15) is 25.7 Å². The van der Waals surface area contributed by atoms with Gasteiger partial charge in [0.25, 0.3) is 0 Å². The van der Waals surface area contributed by atoms with Crippen molar-refractivity contribution in [3.8, 4) is 0 Å². The van der Waals surface area contributed by atoms with Crippen LogP contribution in [0.15, 0.2) is 0 Å². The molecule has 1 saturated carbocycles. The fourth-order valence-electron chi connectivity index (χ4n) is 1.67. The van der Waals surface area contributed by atoms with Crippen LogP contribution in [0, 0.1) is 5.92 Å². The van der Waals surface area contributed by atoms with E-state index in [4.69, 9.17) is 5.73 Å². The lowest BCUT2D eigenvalue weighted by molar-refractivity contribution is -0.125. The molecule has 2 atom stereocenters. The van der Waals surface area contributed by atoms with Gasteiger partial charge >= 0.3 is 0 Å². The lowest BCUT2D eigenvalue weighted by Gasteiger charge is -2.26. The first-order chi connectivity index (χ1) is 5.25. The molecule has 0 radical (unpaired) electrons. The highest BCUT2D eigenvalue weighted by Crippen LogP contribution is 2.22. The molecule has 3 nitrogen and oxygen atoms in total. The maximum Gasteiger partial charge on any atom is 0.224 e. The van der Waals surface area contributed by atoms with E-state index in [1.165, 1.54) is 6.42 Å². The van der Waals surface area contributed by atoms with Crippen molar-refractivity contribution in [2.45, 2.75) is 31.7 Å². The zero-order valence-electron chi connectivity index (χ0n) is 6.97. The third-order valence-corrected chi connectivity index (χ3v) is 2.40. The van der Waals surface area contributed by atoms with Gasteiger partial charge in [0, 0.05) is 13.1 Å². The first kappa shape index (κ1) is 8.53. The average Bonchev–Trinajstić information content (AvgIpc) is 2.04. The molecule has 0 aromatic heterocycles. The second-order valence-electron chi connectivity index (χ2n) is 3.17. The fraction of sp³-hybridized carbons (Fsp3) is 0.875. The molecular formula is C8H16N2O. The molecule has 0 heterocycles. The van der Waals surface area contributed by atoms with E-state index in [1.807, 2.05) is 0 Å². The highest BCUT2D eigenvalue weighted by molar-refractivity contribution is 5.79. The molecule has 1 aliphatic carbocycles. The normalized spacial score (nSPS) is 31.5. The van der Waals surface area contributed by atoms with Crippen molar-refractivity contribution in [3.05, 3.63) is 0 Å². The Kier molecular flexibility index (Phi) is 2.88. The average molecular weight is 156 g/mol. The van der Waals surface area contributed by atoms with Crippen LogP contribution < -0.4 is 11.1 Å². The molecule has 1 aliphatic rings. The summed E-state index contributed by atoms with van der Waals surface area (Å²) in [5.74, 6) is 0.172. The largest absolute Gasteiger partial charge is 0.359 e. The summed E-state index contributed by atoms with van der Waals surface area (Å²) in [7, 11) is 1.67. The Morgan fingerprint density at radius 1 is 1.45 bits per heavy atom. The zero-order chi connectivity index (χ0) is 8.27. The van der Waals surface area contributed by atoms with Crippen LogP contribution >= 0.6 is 0 Å². The smallest absolute Gasteiger partial charge is 0.224 e. The summed E-state index contributed by atoms with van der Waals surface area (Å²) in [6.45, 7) is 0. The van der Waals surface area contributed by atoms with E-state index in [0.717, 1.165) is 19.3 Å². The van der Waals surface area contributed by atoms with Crippen molar-refractivity contribution < 1.29 is 4.79 Å². The van der Waals surface area contributed by atoms with Gasteiger partial charge in [0.15, 0.2) is 0 Å². The standard InChI is InChI=1S/C8H16N2O/c1-10-8(11)6-4-2-3-5-7(6)9/h6-7H,2-5,9H2,1H3,(H,10,11). The van der Waals surface area contributed by atoms with E-state index in [0.29, 0.717) is 0 Å². The van der Waals surface area contributed by atoms with Crippen LogP contribution in [0.3, 0.4) is 0 Å². The highest BCUT2D eigenvalue weighted by Gasteiger charge is 2.26. The molecule has 0 aromatic rings. The predicted octanol–water partition coefficient (Wildman–Crippen LogP) is 0.250. The summed E-state index contributed by atoms with van der Waals surface area (Å²) in [6, 6.07) is 0.0868.